The minimum Gasteiger partial charge on any atom is -0.481 e. The summed E-state index contributed by atoms with van der Waals surface area (Å²) in [6, 6.07) is 4.90. The molecular weight excluding hydrogens is 339 g/mol. The van der Waals surface area contributed by atoms with Gasteiger partial charge in [0.2, 0.25) is 5.91 Å². The van der Waals surface area contributed by atoms with E-state index in [2.05, 4.69) is 0 Å². The van der Waals surface area contributed by atoms with Crippen LogP contribution in [0.15, 0.2) is 18.2 Å². The Morgan fingerprint density at radius 3 is 2.39 bits per heavy atom. The van der Waals surface area contributed by atoms with Gasteiger partial charge in [-0.05, 0) is 25.5 Å². The zero-order valence-corrected chi connectivity index (χ0v) is 14.7. The summed E-state index contributed by atoms with van der Waals surface area (Å²) in [5.41, 5.74) is 0. The number of carbonyl (C=O) groups is 2. The first-order valence-corrected chi connectivity index (χ1v) is 8.30. The van der Waals surface area contributed by atoms with Crippen molar-refractivity contribution >= 4 is 35.0 Å². The number of hydrogen-bond donors (Lipinski definition) is 0. The van der Waals surface area contributed by atoms with E-state index in [0.29, 0.717) is 42.0 Å². The van der Waals surface area contributed by atoms with E-state index in [1.165, 1.54) is 0 Å². The van der Waals surface area contributed by atoms with Crippen molar-refractivity contribution in [3.63, 3.8) is 0 Å². The summed E-state index contributed by atoms with van der Waals surface area (Å²) in [6.45, 7) is 5.64. The maximum absolute atomic E-state index is 12.5. The van der Waals surface area contributed by atoms with Crippen molar-refractivity contribution in [1.82, 2.24) is 9.80 Å². The molecule has 1 aromatic carbocycles. The summed E-state index contributed by atoms with van der Waals surface area (Å²) in [6.07, 6.45) is 0.140. The fourth-order valence-electron chi connectivity index (χ4n) is 2.51. The Balaban J connectivity index is 1.96. The lowest BCUT2D eigenvalue weighted by atomic mass is 10.3. The molecule has 1 aliphatic heterocycles. The molecule has 1 atom stereocenters. The average molecular weight is 359 g/mol. The van der Waals surface area contributed by atoms with Gasteiger partial charge in [0.1, 0.15) is 5.75 Å². The Kier molecular flexibility index (Phi) is 6.13. The molecule has 0 aliphatic carbocycles. The summed E-state index contributed by atoms with van der Waals surface area (Å²) in [5.74, 6) is 0.446. The minimum atomic E-state index is -0.629. The van der Waals surface area contributed by atoms with Crippen molar-refractivity contribution in [2.75, 3.05) is 26.2 Å². The third-order valence-corrected chi connectivity index (χ3v) is 4.54. The van der Waals surface area contributed by atoms with Crippen LogP contribution < -0.4 is 4.74 Å². The fourth-order valence-corrected chi connectivity index (χ4v) is 2.80. The zero-order valence-electron chi connectivity index (χ0n) is 13.2. The SMILES string of the molecule is CC(=O)N1CCCN(C(=O)C(C)Oc2ccc(Cl)c(Cl)c2)CC1. The van der Waals surface area contributed by atoms with E-state index in [1.54, 1.807) is 41.8 Å². The average Bonchev–Trinajstić information content (AvgIpc) is 2.76. The number of amides is 2. The van der Waals surface area contributed by atoms with E-state index in [9.17, 15) is 9.59 Å². The standard InChI is InChI=1S/C16H20Cl2N2O3/c1-11(23-13-4-5-14(17)15(18)10-13)16(22)20-7-3-6-19(8-9-20)12(2)21/h4-5,10-11H,3,6-9H2,1-2H3. The lowest BCUT2D eigenvalue weighted by molar-refractivity contribution is -0.138. The molecule has 1 saturated heterocycles. The highest BCUT2D eigenvalue weighted by molar-refractivity contribution is 6.42. The quantitative estimate of drug-likeness (QED) is 0.834. The minimum absolute atomic E-state index is 0.0411. The Morgan fingerprint density at radius 2 is 1.74 bits per heavy atom. The van der Waals surface area contributed by atoms with Crippen molar-refractivity contribution in [3.8, 4) is 5.75 Å². The maximum Gasteiger partial charge on any atom is 0.263 e. The molecule has 1 fully saturated rings. The molecule has 2 amide bonds. The summed E-state index contributed by atoms with van der Waals surface area (Å²) >= 11 is 11.8. The smallest absolute Gasteiger partial charge is 0.263 e. The van der Waals surface area contributed by atoms with Crippen LogP contribution in [0.25, 0.3) is 0 Å². The van der Waals surface area contributed by atoms with Gasteiger partial charge >= 0.3 is 0 Å². The van der Waals surface area contributed by atoms with Crippen molar-refractivity contribution in [2.24, 2.45) is 0 Å². The third-order valence-electron chi connectivity index (χ3n) is 3.80. The van der Waals surface area contributed by atoms with Crippen LogP contribution in [-0.4, -0.2) is 53.9 Å². The Bertz CT molecular complexity index is 595. The van der Waals surface area contributed by atoms with Gasteiger partial charge in [-0.1, -0.05) is 23.2 Å². The maximum atomic E-state index is 12.5. The van der Waals surface area contributed by atoms with Gasteiger partial charge in [0.25, 0.3) is 5.91 Å². The van der Waals surface area contributed by atoms with Crippen molar-refractivity contribution < 1.29 is 14.3 Å². The predicted molar refractivity (Wildman–Crippen MR) is 90.0 cm³/mol. The van der Waals surface area contributed by atoms with Crippen LogP contribution >= 0.6 is 23.2 Å². The molecule has 126 valence electrons. The van der Waals surface area contributed by atoms with Crippen molar-refractivity contribution in [3.05, 3.63) is 28.2 Å². The molecule has 1 aromatic rings. The molecule has 1 unspecified atom stereocenters. The van der Waals surface area contributed by atoms with Gasteiger partial charge < -0.3 is 14.5 Å². The molecule has 0 N–H and O–H groups in total. The van der Waals surface area contributed by atoms with Crippen molar-refractivity contribution in [2.45, 2.75) is 26.4 Å². The first-order valence-electron chi connectivity index (χ1n) is 7.54. The van der Waals surface area contributed by atoms with Crippen LogP contribution in [0.3, 0.4) is 0 Å². The van der Waals surface area contributed by atoms with Gasteiger partial charge in [0.15, 0.2) is 6.10 Å². The molecule has 0 aromatic heterocycles. The number of nitrogens with zero attached hydrogens (tertiary/aromatic N) is 2. The summed E-state index contributed by atoms with van der Waals surface area (Å²) in [7, 11) is 0. The molecule has 0 saturated carbocycles. The van der Waals surface area contributed by atoms with Crippen LogP contribution in [0, 0.1) is 0 Å². The van der Waals surface area contributed by atoms with E-state index in [4.69, 9.17) is 27.9 Å². The number of hydrogen-bond acceptors (Lipinski definition) is 3. The zero-order chi connectivity index (χ0) is 17.0. The van der Waals surface area contributed by atoms with Crippen LogP contribution in [0.4, 0.5) is 0 Å². The molecule has 0 bridgehead atoms. The fraction of sp³-hybridized carbons (Fsp3) is 0.500. The first kappa shape index (κ1) is 17.9. The van der Waals surface area contributed by atoms with E-state index < -0.39 is 6.10 Å². The second-order valence-electron chi connectivity index (χ2n) is 5.52. The Morgan fingerprint density at radius 1 is 1.09 bits per heavy atom. The van der Waals surface area contributed by atoms with Crippen LogP contribution in [0.5, 0.6) is 5.75 Å². The molecule has 0 radical (unpaired) electrons. The molecule has 2 rings (SSSR count). The van der Waals surface area contributed by atoms with E-state index in [0.717, 1.165) is 6.42 Å². The second kappa shape index (κ2) is 7.88. The van der Waals surface area contributed by atoms with E-state index in [1.807, 2.05) is 0 Å². The predicted octanol–water partition coefficient (Wildman–Crippen LogP) is 2.84. The topological polar surface area (TPSA) is 49.9 Å². The van der Waals surface area contributed by atoms with Crippen LogP contribution in [0.1, 0.15) is 20.3 Å². The Hall–Kier alpha value is -1.46. The number of halogens is 2. The van der Waals surface area contributed by atoms with Gasteiger partial charge in [-0.3, -0.25) is 9.59 Å². The number of rotatable bonds is 3. The van der Waals surface area contributed by atoms with Gasteiger partial charge in [-0.2, -0.15) is 0 Å². The summed E-state index contributed by atoms with van der Waals surface area (Å²) in [4.78, 5) is 27.5. The van der Waals surface area contributed by atoms with E-state index >= 15 is 0 Å². The molecular formula is C16H20Cl2N2O3. The number of benzene rings is 1. The van der Waals surface area contributed by atoms with Crippen LogP contribution in [-0.2, 0) is 9.59 Å². The Labute approximate surface area is 146 Å². The number of carbonyl (C=O) groups excluding carboxylic acids is 2. The summed E-state index contributed by atoms with van der Waals surface area (Å²) in [5, 5.41) is 0.825. The first-order chi connectivity index (χ1) is 10.9. The molecule has 5 nitrogen and oxygen atoms in total. The highest BCUT2D eigenvalue weighted by atomic mass is 35.5. The third kappa shape index (κ3) is 4.75. The highest BCUT2D eigenvalue weighted by Crippen LogP contribution is 2.27. The highest BCUT2D eigenvalue weighted by Gasteiger charge is 2.25. The molecule has 7 heteroatoms. The lowest BCUT2D eigenvalue weighted by Crippen LogP contribution is -2.42. The molecule has 1 aliphatic rings. The second-order valence-corrected chi connectivity index (χ2v) is 6.34. The van der Waals surface area contributed by atoms with Crippen molar-refractivity contribution in [1.29, 1.82) is 0 Å². The number of ether oxygens (including phenoxy) is 1. The van der Waals surface area contributed by atoms with Gasteiger partial charge in [-0.25, -0.2) is 0 Å². The normalized spacial score (nSPS) is 16.7. The lowest BCUT2D eigenvalue weighted by Gasteiger charge is -2.25. The van der Waals surface area contributed by atoms with Gasteiger partial charge in [0.05, 0.1) is 10.0 Å². The van der Waals surface area contributed by atoms with Crippen LogP contribution in [0.2, 0.25) is 10.0 Å². The van der Waals surface area contributed by atoms with Gasteiger partial charge in [0, 0.05) is 39.2 Å². The summed E-state index contributed by atoms with van der Waals surface area (Å²) < 4.78 is 5.67. The monoisotopic (exact) mass is 358 g/mol. The molecule has 23 heavy (non-hydrogen) atoms. The van der Waals surface area contributed by atoms with E-state index in [-0.39, 0.29) is 11.8 Å². The van der Waals surface area contributed by atoms with Gasteiger partial charge in [-0.15, -0.1) is 0 Å². The largest absolute Gasteiger partial charge is 0.481 e. The molecule has 1 heterocycles. The molecule has 0 spiro atoms.